The van der Waals surface area contributed by atoms with E-state index in [-0.39, 0.29) is 12.7 Å². The van der Waals surface area contributed by atoms with E-state index in [0.29, 0.717) is 32.9 Å². The smallest absolute Gasteiger partial charge is 0.407 e. The third-order valence-electron chi connectivity index (χ3n) is 9.16. The van der Waals surface area contributed by atoms with Crippen LogP contribution in [0.25, 0.3) is 0 Å². The van der Waals surface area contributed by atoms with Gasteiger partial charge in [0.2, 0.25) is 0 Å². The molecule has 1 amide bonds. The van der Waals surface area contributed by atoms with Gasteiger partial charge in [-0.1, -0.05) is 155 Å². The molecule has 8 heteroatoms. The van der Waals surface area contributed by atoms with Crippen molar-refractivity contribution in [3.63, 3.8) is 0 Å². The highest BCUT2D eigenvalue weighted by Crippen LogP contribution is 2.16. The van der Waals surface area contributed by atoms with Gasteiger partial charge < -0.3 is 29.1 Å². The number of carbonyl (C=O) groups is 1. The molecule has 0 heterocycles. The van der Waals surface area contributed by atoms with Crippen molar-refractivity contribution < 1.29 is 28.6 Å². The predicted octanol–water partition coefficient (Wildman–Crippen LogP) is 11.2. The predicted molar refractivity (Wildman–Crippen MR) is 201 cm³/mol. The Kier molecular flexibility index (Phi) is 35.2. The number of alkyl carbamates (subject to hydrolysis) is 1. The lowest BCUT2D eigenvalue weighted by atomic mass is 10.1. The summed E-state index contributed by atoms with van der Waals surface area (Å²) in [6.07, 6.45) is 31.8. The molecule has 0 aromatic heterocycles. The summed E-state index contributed by atoms with van der Waals surface area (Å²) in [6.45, 7) is 11.4. The molecule has 0 aliphatic rings. The van der Waals surface area contributed by atoms with Gasteiger partial charge in [-0.25, -0.2) is 4.79 Å². The van der Waals surface area contributed by atoms with Crippen molar-refractivity contribution >= 4 is 6.09 Å². The van der Waals surface area contributed by atoms with E-state index in [4.69, 9.17) is 23.8 Å². The van der Waals surface area contributed by atoms with Crippen LogP contribution in [0.2, 0.25) is 0 Å². The van der Waals surface area contributed by atoms with Gasteiger partial charge in [0.25, 0.3) is 0 Å². The molecule has 0 saturated heterocycles. The number of nitrogens with zero attached hydrogens (tertiary/aromatic N) is 1. The normalized spacial score (nSPS) is 12.6. The fraction of sp³-hybridized carbons (Fsp3) is 0.975. The van der Waals surface area contributed by atoms with Gasteiger partial charge in [0.05, 0.1) is 32.0 Å². The number of rotatable bonds is 38. The molecule has 1 N–H and O–H groups in total. The maximum absolute atomic E-state index is 12.4. The second-order valence-electron chi connectivity index (χ2n) is 14.5. The van der Waals surface area contributed by atoms with E-state index in [1.165, 1.54) is 141 Å². The lowest BCUT2D eigenvalue weighted by Crippen LogP contribution is -2.38. The molecule has 0 bridgehead atoms. The molecular weight excluding hydrogens is 604 g/mol. The van der Waals surface area contributed by atoms with Crippen LogP contribution >= 0.6 is 0 Å². The molecule has 1 unspecified atom stereocenters. The van der Waals surface area contributed by atoms with Crippen LogP contribution in [0.3, 0.4) is 0 Å². The number of hydrogen-bond donors (Lipinski definition) is 1. The van der Waals surface area contributed by atoms with Crippen molar-refractivity contribution in [1.29, 1.82) is 0 Å². The minimum Gasteiger partial charge on any atom is -0.449 e. The monoisotopic (exact) mass is 687 g/mol. The van der Waals surface area contributed by atoms with Crippen LogP contribution < -0.4 is 5.32 Å². The number of ether oxygens (including phenoxy) is 4. The Morgan fingerprint density at radius 1 is 0.646 bits per heavy atom. The van der Waals surface area contributed by atoms with Crippen molar-refractivity contribution in [3.05, 3.63) is 0 Å². The number of unbranched alkanes of at least 4 members (excludes halogenated alkanes) is 22. The van der Waals surface area contributed by atoms with Crippen LogP contribution in [0.5, 0.6) is 0 Å². The summed E-state index contributed by atoms with van der Waals surface area (Å²) in [6, 6.07) is 0. The van der Waals surface area contributed by atoms with Gasteiger partial charge in [-0.3, -0.25) is 0 Å². The van der Waals surface area contributed by atoms with Gasteiger partial charge in [0, 0.05) is 33.2 Å². The second-order valence-corrected chi connectivity index (χ2v) is 14.5. The SMILES string of the molecule is CCCCCCCCCCCCCCOCC(CNC(=O)OCCC(C)(C)OCN(C)OC)OCCCCCCCCCCCCCC. The molecule has 0 rings (SSSR count). The van der Waals surface area contributed by atoms with E-state index in [1.807, 2.05) is 13.8 Å². The summed E-state index contributed by atoms with van der Waals surface area (Å²) in [5.74, 6) is 0. The highest BCUT2D eigenvalue weighted by molar-refractivity contribution is 5.67. The van der Waals surface area contributed by atoms with Crippen LogP contribution in [0.4, 0.5) is 4.79 Å². The number of hydroxylamine groups is 2. The number of nitrogens with one attached hydrogen (secondary N) is 1. The zero-order valence-corrected chi connectivity index (χ0v) is 32.9. The first-order chi connectivity index (χ1) is 23.3. The van der Waals surface area contributed by atoms with Crippen LogP contribution in [0.1, 0.15) is 188 Å². The standard InChI is InChI=1S/C40H82N2O6/c1-7-9-11-13-15-17-19-21-23-25-27-29-32-45-36-38(46-33-30-28-26-24-22-20-18-16-14-12-10-8-2)35-41-39(43)47-34-31-40(3,4)48-37-42(5)44-6/h38H,7-37H2,1-6H3,(H,41,43). The van der Waals surface area contributed by atoms with Crippen LogP contribution in [0.15, 0.2) is 0 Å². The van der Waals surface area contributed by atoms with E-state index in [2.05, 4.69) is 19.2 Å². The van der Waals surface area contributed by atoms with E-state index < -0.39 is 11.7 Å². The molecule has 0 aliphatic heterocycles. The minimum atomic E-state index is -0.436. The fourth-order valence-electron chi connectivity index (χ4n) is 5.65. The summed E-state index contributed by atoms with van der Waals surface area (Å²) in [5, 5.41) is 4.49. The summed E-state index contributed by atoms with van der Waals surface area (Å²) >= 11 is 0. The lowest BCUT2D eigenvalue weighted by Gasteiger charge is -2.27. The Bertz CT molecular complexity index is 666. The van der Waals surface area contributed by atoms with Crippen LogP contribution in [-0.4, -0.2) is 76.7 Å². The first kappa shape index (κ1) is 47.1. The van der Waals surface area contributed by atoms with E-state index in [0.717, 1.165) is 19.4 Å². The molecular formula is C40H82N2O6. The Morgan fingerprint density at radius 3 is 1.54 bits per heavy atom. The largest absolute Gasteiger partial charge is 0.449 e. The van der Waals surface area contributed by atoms with Crippen molar-refractivity contribution in [2.75, 3.05) is 53.9 Å². The Balaban J connectivity index is 4.22. The Hall–Kier alpha value is -0.930. The van der Waals surface area contributed by atoms with Gasteiger partial charge in [0.1, 0.15) is 6.73 Å². The molecule has 1 atom stereocenters. The molecule has 0 aliphatic carbocycles. The van der Waals surface area contributed by atoms with E-state index in [1.54, 1.807) is 19.2 Å². The van der Waals surface area contributed by atoms with Crippen molar-refractivity contribution in [2.45, 2.75) is 200 Å². The van der Waals surface area contributed by atoms with Crippen molar-refractivity contribution in [3.8, 4) is 0 Å². The minimum absolute atomic E-state index is 0.174. The topological polar surface area (TPSA) is 78.5 Å². The van der Waals surface area contributed by atoms with E-state index in [9.17, 15) is 4.79 Å². The zero-order chi connectivity index (χ0) is 35.4. The van der Waals surface area contributed by atoms with Crippen LogP contribution in [-0.2, 0) is 23.8 Å². The zero-order valence-electron chi connectivity index (χ0n) is 32.9. The Labute approximate surface area is 298 Å². The quantitative estimate of drug-likeness (QED) is 0.0393. The maximum atomic E-state index is 12.4. The summed E-state index contributed by atoms with van der Waals surface area (Å²) in [4.78, 5) is 17.5. The average Bonchev–Trinajstić information content (AvgIpc) is 3.07. The van der Waals surface area contributed by atoms with Gasteiger partial charge in [0.15, 0.2) is 0 Å². The van der Waals surface area contributed by atoms with Gasteiger partial charge >= 0.3 is 6.09 Å². The number of carbonyl (C=O) groups excluding carboxylic acids is 1. The summed E-state index contributed by atoms with van der Waals surface area (Å²) < 4.78 is 23.5. The van der Waals surface area contributed by atoms with Gasteiger partial charge in [-0.2, -0.15) is 5.06 Å². The highest BCUT2D eigenvalue weighted by Gasteiger charge is 2.20. The third kappa shape index (κ3) is 34.9. The van der Waals surface area contributed by atoms with Crippen molar-refractivity contribution in [2.24, 2.45) is 0 Å². The number of amides is 1. The highest BCUT2D eigenvalue weighted by atomic mass is 16.7. The molecule has 288 valence electrons. The first-order valence-corrected chi connectivity index (χ1v) is 20.3. The molecule has 0 aromatic carbocycles. The molecule has 48 heavy (non-hydrogen) atoms. The second kappa shape index (κ2) is 35.9. The fourth-order valence-corrected chi connectivity index (χ4v) is 5.65. The summed E-state index contributed by atoms with van der Waals surface area (Å²) in [5.41, 5.74) is -0.436. The lowest BCUT2D eigenvalue weighted by molar-refractivity contribution is -0.200. The first-order valence-electron chi connectivity index (χ1n) is 20.3. The maximum Gasteiger partial charge on any atom is 0.407 e. The van der Waals surface area contributed by atoms with Gasteiger partial charge in [-0.05, 0) is 26.7 Å². The molecule has 8 nitrogen and oxygen atoms in total. The molecule has 0 spiro atoms. The van der Waals surface area contributed by atoms with E-state index >= 15 is 0 Å². The summed E-state index contributed by atoms with van der Waals surface area (Å²) in [7, 11) is 3.41. The Morgan fingerprint density at radius 2 is 1.08 bits per heavy atom. The molecule has 0 radical (unpaired) electrons. The number of hydrogen-bond acceptors (Lipinski definition) is 7. The average molecular weight is 687 g/mol. The molecule has 0 saturated carbocycles. The van der Waals surface area contributed by atoms with Crippen LogP contribution in [0, 0.1) is 0 Å². The van der Waals surface area contributed by atoms with Crippen molar-refractivity contribution in [1.82, 2.24) is 10.4 Å². The molecule has 0 aromatic rings. The third-order valence-corrected chi connectivity index (χ3v) is 9.16. The molecule has 0 fully saturated rings. The van der Waals surface area contributed by atoms with Gasteiger partial charge in [-0.15, -0.1) is 0 Å².